The van der Waals surface area contributed by atoms with Gasteiger partial charge in [0.15, 0.2) is 16.6 Å². The second-order valence-corrected chi connectivity index (χ2v) is 25.7. The molecule has 6 atom stereocenters. The third-order valence-corrected chi connectivity index (χ3v) is 18.6. The molecule has 2 N–H and O–H groups in total. The van der Waals surface area contributed by atoms with Crippen molar-refractivity contribution in [2.75, 3.05) is 0 Å². The first-order chi connectivity index (χ1) is 21.1. The van der Waals surface area contributed by atoms with Crippen LogP contribution in [0.4, 0.5) is 0 Å². The third kappa shape index (κ3) is 8.95. The summed E-state index contributed by atoms with van der Waals surface area (Å²) < 4.78 is 13.4. The Balaban J connectivity index is 1.66. The Bertz CT molecular complexity index is 1000. The lowest BCUT2D eigenvalue weighted by Gasteiger charge is -2.48. The first-order valence-corrected chi connectivity index (χ1v) is 24.8. The van der Waals surface area contributed by atoms with E-state index in [2.05, 4.69) is 98.5 Å². The average molecular weight is 661 g/mol. The Labute approximate surface area is 280 Å². The number of aliphatic hydroxyl groups excluding tert-OH is 2. The van der Waals surface area contributed by atoms with Gasteiger partial charge in [0.25, 0.3) is 0 Å². The van der Waals surface area contributed by atoms with Crippen LogP contribution < -0.4 is 0 Å². The number of hydrogen-bond donors (Lipinski definition) is 2. The summed E-state index contributed by atoms with van der Waals surface area (Å²) in [5.74, 6) is 2.22. The minimum absolute atomic E-state index is 0.139. The fourth-order valence-electron chi connectivity index (χ4n) is 9.58. The molecule has 0 saturated heterocycles. The molecule has 3 rings (SSSR count). The molecule has 0 bridgehead atoms. The van der Waals surface area contributed by atoms with E-state index in [4.69, 9.17) is 8.85 Å². The maximum Gasteiger partial charge on any atom is 0.193 e. The van der Waals surface area contributed by atoms with Crippen LogP contribution in [0.3, 0.4) is 0 Å². The van der Waals surface area contributed by atoms with Crippen molar-refractivity contribution in [3.8, 4) is 0 Å². The van der Waals surface area contributed by atoms with Crippen LogP contribution in [-0.4, -0.2) is 50.3 Å². The first kappa shape index (κ1) is 38.9. The number of fused-ring (bicyclic) bond motifs is 1. The fraction of sp³-hybridized carbons (Fsp3) is 0.846. The van der Waals surface area contributed by atoms with Crippen LogP contribution >= 0.6 is 0 Å². The van der Waals surface area contributed by atoms with Crippen LogP contribution in [0.15, 0.2) is 36.0 Å². The molecule has 0 aromatic heterocycles. The molecule has 4 nitrogen and oxygen atoms in total. The number of aliphatic hydroxyl groups is 2. The van der Waals surface area contributed by atoms with Gasteiger partial charge >= 0.3 is 0 Å². The second kappa shape index (κ2) is 15.8. The van der Waals surface area contributed by atoms with E-state index in [0.29, 0.717) is 41.9 Å². The van der Waals surface area contributed by atoms with Crippen molar-refractivity contribution < 1.29 is 19.1 Å². The highest BCUT2D eigenvalue weighted by molar-refractivity contribution is 6.73. The summed E-state index contributed by atoms with van der Waals surface area (Å²) in [6.07, 6.45) is 21.6. The maximum atomic E-state index is 11.1. The number of allylic oxidation sites excluding steroid dienone is 5. The summed E-state index contributed by atoms with van der Waals surface area (Å²) in [5, 5.41) is 22.2. The van der Waals surface area contributed by atoms with Crippen LogP contribution in [0.2, 0.25) is 37.8 Å². The molecular formula is C39H72O4Si2. The van der Waals surface area contributed by atoms with E-state index in [1.807, 2.05) is 6.92 Å². The smallest absolute Gasteiger partial charge is 0.193 e. The minimum atomic E-state index is -1.89. The molecule has 0 aromatic carbocycles. The van der Waals surface area contributed by atoms with Crippen molar-refractivity contribution in [1.82, 2.24) is 0 Å². The largest absolute Gasteiger partial charge is 0.408 e. The molecule has 3 unspecified atom stereocenters. The molecule has 3 aliphatic carbocycles. The van der Waals surface area contributed by atoms with Gasteiger partial charge in [-0.25, -0.2) is 0 Å². The molecule has 45 heavy (non-hydrogen) atoms. The molecule has 0 heterocycles. The number of rotatable bonds is 15. The van der Waals surface area contributed by atoms with Crippen LogP contribution in [-0.2, 0) is 8.85 Å². The SMILES string of the molecule is CCC(/C=C/C=C/[C@@H](C)C1CCC2/C(=C/CC3C[C@@H](O)C(C)(O[Si](C)(C)C)[C@H](O)C3)CCCC21C)(CC)O[Si](CC)(CC)CC. The van der Waals surface area contributed by atoms with E-state index in [0.717, 1.165) is 19.3 Å². The van der Waals surface area contributed by atoms with Crippen molar-refractivity contribution in [3.05, 3.63) is 36.0 Å². The number of hydrogen-bond acceptors (Lipinski definition) is 4. The predicted molar refractivity (Wildman–Crippen MR) is 197 cm³/mol. The van der Waals surface area contributed by atoms with Gasteiger partial charge < -0.3 is 19.1 Å². The molecule has 3 fully saturated rings. The monoisotopic (exact) mass is 660 g/mol. The van der Waals surface area contributed by atoms with Crippen molar-refractivity contribution in [2.45, 2.75) is 181 Å². The summed E-state index contributed by atoms with van der Waals surface area (Å²) in [7, 11) is -3.57. The van der Waals surface area contributed by atoms with Gasteiger partial charge in [0, 0.05) is 0 Å². The van der Waals surface area contributed by atoms with Crippen LogP contribution in [0, 0.1) is 29.1 Å². The van der Waals surface area contributed by atoms with Gasteiger partial charge in [-0.3, -0.25) is 0 Å². The molecular weight excluding hydrogens is 589 g/mol. The third-order valence-electron chi connectivity index (χ3n) is 12.8. The lowest BCUT2D eigenvalue weighted by molar-refractivity contribution is -0.156. The normalized spacial score (nSPS) is 35.0. The zero-order valence-electron chi connectivity index (χ0n) is 31.3. The van der Waals surface area contributed by atoms with Crippen LogP contribution in [0.5, 0.6) is 0 Å². The lowest BCUT2D eigenvalue weighted by Crippen LogP contribution is -2.59. The Morgan fingerprint density at radius 1 is 0.933 bits per heavy atom. The summed E-state index contributed by atoms with van der Waals surface area (Å²) in [6.45, 7) is 24.9. The van der Waals surface area contributed by atoms with Gasteiger partial charge in [0.2, 0.25) is 0 Å². The van der Waals surface area contributed by atoms with Crippen molar-refractivity contribution >= 4 is 16.6 Å². The topological polar surface area (TPSA) is 58.9 Å². The van der Waals surface area contributed by atoms with Gasteiger partial charge in [-0.2, -0.15) is 0 Å². The lowest BCUT2D eigenvalue weighted by atomic mass is 9.61. The molecule has 0 spiro atoms. The summed E-state index contributed by atoms with van der Waals surface area (Å²) in [6, 6.07) is 3.58. The van der Waals surface area contributed by atoms with Gasteiger partial charge in [0.05, 0.1) is 17.8 Å². The molecule has 3 saturated carbocycles. The Morgan fingerprint density at radius 3 is 2.07 bits per heavy atom. The van der Waals surface area contributed by atoms with Crippen molar-refractivity contribution in [3.63, 3.8) is 0 Å². The van der Waals surface area contributed by atoms with E-state index in [1.54, 1.807) is 5.57 Å². The molecule has 6 heteroatoms. The fourth-order valence-corrected chi connectivity index (χ4v) is 14.3. The highest BCUT2D eigenvalue weighted by atomic mass is 28.4. The van der Waals surface area contributed by atoms with Crippen molar-refractivity contribution in [2.24, 2.45) is 29.1 Å². The highest BCUT2D eigenvalue weighted by Crippen LogP contribution is 2.59. The molecule has 260 valence electrons. The highest BCUT2D eigenvalue weighted by Gasteiger charge is 2.51. The van der Waals surface area contributed by atoms with Crippen LogP contribution in [0.25, 0.3) is 0 Å². The maximum absolute atomic E-state index is 11.1. The van der Waals surface area contributed by atoms with Gasteiger partial charge in [-0.05, 0) is 138 Å². The first-order valence-electron chi connectivity index (χ1n) is 18.9. The minimum Gasteiger partial charge on any atom is -0.408 e. The molecule has 0 aliphatic heterocycles. The molecule has 0 aromatic rings. The van der Waals surface area contributed by atoms with Gasteiger partial charge in [0.1, 0.15) is 5.60 Å². The molecule has 3 aliphatic rings. The van der Waals surface area contributed by atoms with Crippen molar-refractivity contribution in [1.29, 1.82) is 0 Å². The van der Waals surface area contributed by atoms with Crippen LogP contribution in [0.1, 0.15) is 120 Å². The summed E-state index contributed by atoms with van der Waals surface area (Å²) in [4.78, 5) is 0. The predicted octanol–water partition coefficient (Wildman–Crippen LogP) is 10.6. The van der Waals surface area contributed by atoms with Gasteiger partial charge in [-0.15, -0.1) is 0 Å². The Morgan fingerprint density at radius 2 is 1.53 bits per heavy atom. The van der Waals surface area contributed by atoms with Gasteiger partial charge in [-0.1, -0.05) is 84.4 Å². The summed E-state index contributed by atoms with van der Waals surface area (Å²) >= 11 is 0. The zero-order valence-corrected chi connectivity index (χ0v) is 33.3. The van der Waals surface area contributed by atoms with E-state index in [-0.39, 0.29) is 5.60 Å². The van der Waals surface area contributed by atoms with E-state index < -0.39 is 34.4 Å². The zero-order chi connectivity index (χ0) is 33.7. The van der Waals surface area contributed by atoms with E-state index >= 15 is 0 Å². The average Bonchev–Trinajstić information content (AvgIpc) is 3.36. The Kier molecular flexibility index (Phi) is 13.7. The quantitative estimate of drug-likeness (QED) is 0.104. The molecule has 0 amide bonds. The summed E-state index contributed by atoms with van der Waals surface area (Å²) in [5.41, 5.74) is 1.02. The van der Waals surface area contributed by atoms with E-state index in [1.165, 1.54) is 50.2 Å². The second-order valence-electron chi connectivity index (χ2n) is 16.6. The molecule has 0 radical (unpaired) electrons. The van der Waals surface area contributed by atoms with E-state index in [9.17, 15) is 10.2 Å². The Hall–Kier alpha value is -0.506. The standard InChI is InChI=1S/C39H72O4Si2/c1-12-39(13-2,43-45(14-3,15-4)16-5)27-18-17-20-30(6)33-24-25-34-32(21-19-26-37(33,34)7)23-22-31-28-35(40)38(8,36(41)29-31)42-44(9,10)11/h17-18,20,23,27,30-31,33-36,40-41H,12-16,19,21-22,24-26,28-29H2,1-11H3/b20-17+,27-18+,32-23+/t30-,31?,33?,34?,35-,36-,37?,38?/m1/s1.